The Bertz CT molecular complexity index is 1450. The zero-order valence-corrected chi connectivity index (χ0v) is 19.8. The first-order valence-electron chi connectivity index (χ1n) is 11.6. The molecule has 1 N–H and O–H groups in total. The molecular weight excluding hydrogens is 444 g/mol. The fraction of sp³-hybridized carbons (Fsp3) is 0.259. The summed E-state index contributed by atoms with van der Waals surface area (Å²) in [6, 6.07) is 15.6. The van der Waals surface area contributed by atoms with Crippen LogP contribution < -0.4 is 15.8 Å². The summed E-state index contributed by atoms with van der Waals surface area (Å²) >= 11 is 0. The molecule has 1 aliphatic carbocycles. The summed E-state index contributed by atoms with van der Waals surface area (Å²) in [5, 5.41) is 2.73. The minimum absolute atomic E-state index is 0.174. The Hall–Kier alpha value is -4.20. The van der Waals surface area contributed by atoms with E-state index in [0.717, 1.165) is 5.57 Å². The fourth-order valence-electron chi connectivity index (χ4n) is 4.98. The van der Waals surface area contributed by atoms with Crippen molar-refractivity contribution in [2.75, 3.05) is 10.2 Å². The van der Waals surface area contributed by atoms with Gasteiger partial charge in [-0.1, -0.05) is 35.9 Å². The number of para-hydroxylation sites is 1. The molecule has 0 bridgehead atoms. The van der Waals surface area contributed by atoms with Crippen LogP contribution in [-0.2, 0) is 16.6 Å². The lowest BCUT2D eigenvalue weighted by atomic mass is 9.82. The molecule has 2 aliphatic rings. The van der Waals surface area contributed by atoms with E-state index < -0.39 is 5.91 Å². The van der Waals surface area contributed by atoms with Gasteiger partial charge >= 0.3 is 0 Å². The van der Waals surface area contributed by atoms with Gasteiger partial charge in [-0.3, -0.25) is 28.8 Å². The molecule has 2 atom stereocenters. The molecule has 1 fully saturated rings. The van der Waals surface area contributed by atoms with Gasteiger partial charge in [0.05, 0.1) is 28.9 Å². The Morgan fingerprint density at radius 2 is 1.60 bits per heavy atom. The molecule has 8 heteroatoms. The standard InChI is InChI=1S/C27H26N4O4/c1-16-12-13-21-22(14-16)26(34)30(25(21)33)20-11-7-8-18(15-20)24(32)28-23-17(2)29(3)31(27(23)35)19-9-5-4-6-10-19/h4-12,15,21-22H,13-14H2,1-3H3,(H,28,32)/t21-,22+/m1/s1. The van der Waals surface area contributed by atoms with Gasteiger partial charge < -0.3 is 5.32 Å². The van der Waals surface area contributed by atoms with E-state index in [9.17, 15) is 19.2 Å². The Morgan fingerprint density at radius 1 is 0.914 bits per heavy atom. The smallest absolute Gasteiger partial charge is 0.295 e. The SMILES string of the molecule is CC1=CC[C@H]2C(=O)N(c3cccc(C(=O)Nc4c(C)n(C)n(-c5ccccc5)c4=O)c3)C(=O)[C@H]2C1. The molecule has 5 rings (SSSR count). The van der Waals surface area contributed by atoms with Crippen molar-refractivity contribution in [3.63, 3.8) is 0 Å². The lowest BCUT2D eigenvalue weighted by Crippen LogP contribution is -2.31. The summed E-state index contributed by atoms with van der Waals surface area (Å²) in [6.07, 6.45) is 3.15. The molecule has 2 aromatic carbocycles. The highest BCUT2D eigenvalue weighted by Gasteiger charge is 2.48. The summed E-state index contributed by atoms with van der Waals surface area (Å²) < 4.78 is 3.17. The van der Waals surface area contributed by atoms with E-state index in [2.05, 4.69) is 5.32 Å². The molecule has 178 valence electrons. The van der Waals surface area contributed by atoms with Crippen LogP contribution in [0.15, 0.2) is 71.0 Å². The third-order valence-corrected chi connectivity index (χ3v) is 6.98. The van der Waals surface area contributed by atoms with Crippen LogP contribution in [0.25, 0.3) is 5.69 Å². The number of anilines is 2. The maximum atomic E-state index is 13.1. The van der Waals surface area contributed by atoms with Gasteiger partial charge in [0.25, 0.3) is 11.5 Å². The lowest BCUT2D eigenvalue weighted by molar-refractivity contribution is -0.122. The maximum Gasteiger partial charge on any atom is 0.295 e. The van der Waals surface area contributed by atoms with Gasteiger partial charge in [-0.15, -0.1) is 0 Å². The predicted octanol–water partition coefficient (Wildman–Crippen LogP) is 3.58. The normalized spacial score (nSPS) is 19.5. The van der Waals surface area contributed by atoms with Crippen molar-refractivity contribution in [2.45, 2.75) is 26.7 Å². The van der Waals surface area contributed by atoms with E-state index in [0.29, 0.717) is 29.9 Å². The second kappa shape index (κ2) is 8.54. The van der Waals surface area contributed by atoms with E-state index in [1.54, 1.807) is 36.9 Å². The number of allylic oxidation sites excluding steroid dienone is 2. The van der Waals surface area contributed by atoms with Crippen molar-refractivity contribution in [1.29, 1.82) is 0 Å². The molecule has 0 saturated carbocycles. The Labute approximate surface area is 202 Å². The molecule has 2 heterocycles. The van der Waals surface area contributed by atoms with Gasteiger partial charge in [0.1, 0.15) is 5.69 Å². The van der Waals surface area contributed by atoms with Crippen LogP contribution >= 0.6 is 0 Å². The monoisotopic (exact) mass is 470 g/mol. The molecule has 0 unspecified atom stereocenters. The largest absolute Gasteiger partial charge is 0.316 e. The summed E-state index contributed by atoms with van der Waals surface area (Å²) in [5.74, 6) is -1.66. The van der Waals surface area contributed by atoms with Crippen LogP contribution in [0.1, 0.15) is 35.8 Å². The number of fused-ring (bicyclic) bond motifs is 1. The second-order valence-corrected chi connectivity index (χ2v) is 9.16. The molecule has 3 aromatic rings. The molecule has 0 spiro atoms. The Kier molecular flexibility index (Phi) is 5.51. The highest BCUT2D eigenvalue weighted by Crippen LogP contribution is 2.39. The molecule has 1 saturated heterocycles. The van der Waals surface area contributed by atoms with Crippen LogP contribution in [0.4, 0.5) is 11.4 Å². The number of rotatable bonds is 4. The third kappa shape index (κ3) is 3.71. The van der Waals surface area contributed by atoms with Crippen LogP contribution in [-0.4, -0.2) is 27.1 Å². The summed E-state index contributed by atoms with van der Waals surface area (Å²) in [4.78, 5) is 53.6. The first kappa shape index (κ1) is 22.6. The number of imide groups is 1. The predicted molar refractivity (Wildman–Crippen MR) is 133 cm³/mol. The van der Waals surface area contributed by atoms with Gasteiger partial charge in [-0.05, 0) is 57.0 Å². The highest BCUT2D eigenvalue weighted by atomic mass is 16.2. The molecule has 0 radical (unpaired) electrons. The number of hydrogen-bond donors (Lipinski definition) is 1. The van der Waals surface area contributed by atoms with Gasteiger partial charge in [0, 0.05) is 12.6 Å². The number of carbonyl (C=O) groups excluding carboxylic acids is 3. The van der Waals surface area contributed by atoms with Crippen molar-refractivity contribution in [3.05, 3.63) is 87.9 Å². The van der Waals surface area contributed by atoms with Gasteiger partial charge in [-0.2, -0.15) is 0 Å². The van der Waals surface area contributed by atoms with E-state index >= 15 is 0 Å². The van der Waals surface area contributed by atoms with E-state index in [1.165, 1.54) is 15.6 Å². The average Bonchev–Trinajstić information content (AvgIpc) is 3.23. The van der Waals surface area contributed by atoms with Crippen LogP contribution in [0, 0.1) is 18.8 Å². The average molecular weight is 471 g/mol. The third-order valence-electron chi connectivity index (χ3n) is 6.98. The van der Waals surface area contributed by atoms with E-state index in [-0.39, 0.29) is 40.5 Å². The first-order chi connectivity index (χ1) is 16.8. The van der Waals surface area contributed by atoms with Crippen molar-refractivity contribution < 1.29 is 14.4 Å². The summed E-state index contributed by atoms with van der Waals surface area (Å²) in [7, 11) is 1.75. The fourth-order valence-corrected chi connectivity index (χ4v) is 4.98. The van der Waals surface area contributed by atoms with Gasteiger partial charge in [0.15, 0.2) is 0 Å². The van der Waals surface area contributed by atoms with E-state index in [4.69, 9.17) is 0 Å². The van der Waals surface area contributed by atoms with Crippen LogP contribution in [0.2, 0.25) is 0 Å². The number of aromatic nitrogens is 2. The highest BCUT2D eigenvalue weighted by molar-refractivity contribution is 6.22. The second-order valence-electron chi connectivity index (χ2n) is 9.16. The molecule has 35 heavy (non-hydrogen) atoms. The lowest BCUT2D eigenvalue weighted by Gasteiger charge is -2.18. The molecule has 8 nitrogen and oxygen atoms in total. The molecule has 3 amide bonds. The van der Waals surface area contributed by atoms with Gasteiger partial charge in [0.2, 0.25) is 11.8 Å². The van der Waals surface area contributed by atoms with Crippen molar-refractivity contribution >= 4 is 29.1 Å². The first-order valence-corrected chi connectivity index (χ1v) is 11.6. The minimum atomic E-state index is -0.494. The number of nitrogens with zero attached hydrogens (tertiary/aromatic N) is 3. The van der Waals surface area contributed by atoms with Crippen LogP contribution in [0.5, 0.6) is 0 Å². The number of benzene rings is 2. The minimum Gasteiger partial charge on any atom is -0.316 e. The zero-order chi connectivity index (χ0) is 24.9. The summed E-state index contributed by atoms with van der Waals surface area (Å²) in [6.45, 7) is 3.73. The van der Waals surface area contributed by atoms with Crippen molar-refractivity contribution in [3.8, 4) is 5.69 Å². The zero-order valence-electron chi connectivity index (χ0n) is 19.8. The van der Waals surface area contributed by atoms with Gasteiger partial charge in [-0.25, -0.2) is 4.68 Å². The molecular formula is C27H26N4O4. The number of carbonyl (C=O) groups is 3. The Morgan fingerprint density at radius 3 is 2.34 bits per heavy atom. The number of amides is 3. The molecule has 1 aliphatic heterocycles. The number of nitrogens with one attached hydrogen (secondary N) is 1. The summed E-state index contributed by atoms with van der Waals surface area (Å²) in [5.41, 5.74) is 2.84. The van der Waals surface area contributed by atoms with Crippen molar-refractivity contribution in [1.82, 2.24) is 9.36 Å². The maximum absolute atomic E-state index is 13.1. The number of hydrogen-bond acceptors (Lipinski definition) is 4. The van der Waals surface area contributed by atoms with Crippen LogP contribution in [0.3, 0.4) is 0 Å². The molecule has 1 aromatic heterocycles. The van der Waals surface area contributed by atoms with E-state index in [1.807, 2.05) is 43.3 Å². The van der Waals surface area contributed by atoms with Crippen molar-refractivity contribution in [2.24, 2.45) is 18.9 Å². The topological polar surface area (TPSA) is 93.4 Å². The quantitative estimate of drug-likeness (QED) is 0.466. The Balaban J connectivity index is 1.43.